The molecular weight excluding hydrogens is 343 g/mol. The number of carbonyl (C=O) groups excluding carboxylic acids is 2. The lowest BCUT2D eigenvalue weighted by Gasteiger charge is -2.08. The van der Waals surface area contributed by atoms with Gasteiger partial charge < -0.3 is 0 Å². The van der Waals surface area contributed by atoms with E-state index in [2.05, 4.69) is 10.9 Å². The zero-order valence-corrected chi connectivity index (χ0v) is 13.6. The van der Waals surface area contributed by atoms with Crippen molar-refractivity contribution >= 4 is 46.8 Å². The van der Waals surface area contributed by atoms with Gasteiger partial charge in [-0.1, -0.05) is 35.3 Å². The Hall–Kier alpha value is -1.69. The molecule has 0 radical (unpaired) electrons. The molecule has 0 aromatic heterocycles. The van der Waals surface area contributed by atoms with Gasteiger partial charge >= 0.3 is 0 Å². The standard InChI is InChI=1S/C15H12Cl2N2O2S/c16-11-7-5-10(6-8-11)15(21)19-18-14(20)9-22-13-4-2-1-3-12(13)17/h1-8H,9H2,(H,18,20)(H,19,21). The van der Waals surface area contributed by atoms with Crippen LogP contribution in [-0.4, -0.2) is 17.6 Å². The van der Waals surface area contributed by atoms with Gasteiger partial charge in [0, 0.05) is 15.5 Å². The van der Waals surface area contributed by atoms with Crippen molar-refractivity contribution in [2.45, 2.75) is 4.90 Å². The molecule has 2 aromatic rings. The fraction of sp³-hybridized carbons (Fsp3) is 0.0667. The lowest BCUT2D eigenvalue weighted by atomic mass is 10.2. The van der Waals surface area contributed by atoms with E-state index in [1.807, 2.05) is 18.2 Å². The van der Waals surface area contributed by atoms with Gasteiger partial charge in [0.05, 0.1) is 10.8 Å². The van der Waals surface area contributed by atoms with E-state index in [-0.39, 0.29) is 11.7 Å². The molecule has 4 nitrogen and oxygen atoms in total. The zero-order valence-electron chi connectivity index (χ0n) is 11.3. The quantitative estimate of drug-likeness (QED) is 0.652. The molecule has 114 valence electrons. The Morgan fingerprint density at radius 3 is 2.32 bits per heavy atom. The van der Waals surface area contributed by atoms with Crippen LogP contribution >= 0.6 is 35.0 Å². The summed E-state index contributed by atoms with van der Waals surface area (Å²) in [5.41, 5.74) is 5.10. The maximum absolute atomic E-state index is 11.8. The van der Waals surface area contributed by atoms with Crippen molar-refractivity contribution in [1.82, 2.24) is 10.9 Å². The first kappa shape index (κ1) is 16.7. The number of hydrogen-bond donors (Lipinski definition) is 2. The summed E-state index contributed by atoms with van der Waals surface area (Å²) in [5.74, 6) is -0.593. The number of thioether (sulfide) groups is 1. The van der Waals surface area contributed by atoms with Crippen molar-refractivity contribution in [3.05, 3.63) is 64.1 Å². The molecule has 0 saturated heterocycles. The molecule has 7 heteroatoms. The van der Waals surface area contributed by atoms with E-state index in [1.165, 1.54) is 11.8 Å². The number of nitrogens with one attached hydrogen (secondary N) is 2. The van der Waals surface area contributed by atoms with Gasteiger partial charge in [-0.2, -0.15) is 0 Å². The monoisotopic (exact) mass is 354 g/mol. The predicted molar refractivity (Wildman–Crippen MR) is 89.2 cm³/mol. The second-order valence-electron chi connectivity index (χ2n) is 4.23. The maximum Gasteiger partial charge on any atom is 0.269 e. The number of amides is 2. The summed E-state index contributed by atoms with van der Waals surface area (Å²) in [6.45, 7) is 0. The molecule has 2 aromatic carbocycles. The van der Waals surface area contributed by atoms with Crippen LogP contribution in [0.3, 0.4) is 0 Å². The van der Waals surface area contributed by atoms with E-state index in [9.17, 15) is 9.59 Å². The molecule has 0 fully saturated rings. The predicted octanol–water partition coefficient (Wildman–Crippen LogP) is 3.55. The molecule has 0 aliphatic carbocycles. The first-order valence-corrected chi connectivity index (χ1v) is 8.02. The lowest BCUT2D eigenvalue weighted by molar-refractivity contribution is -0.119. The smallest absolute Gasteiger partial charge is 0.269 e. The highest BCUT2D eigenvalue weighted by Gasteiger charge is 2.08. The summed E-state index contributed by atoms with van der Waals surface area (Å²) in [7, 11) is 0. The van der Waals surface area contributed by atoms with Gasteiger partial charge in [-0.25, -0.2) is 0 Å². The Morgan fingerprint density at radius 2 is 1.64 bits per heavy atom. The van der Waals surface area contributed by atoms with Gasteiger partial charge in [0.2, 0.25) is 5.91 Å². The molecule has 0 aliphatic rings. The molecule has 2 rings (SSSR count). The second-order valence-corrected chi connectivity index (χ2v) is 6.09. The number of halogens is 2. The normalized spacial score (nSPS) is 10.1. The third-order valence-corrected chi connectivity index (χ3v) is 4.38. The van der Waals surface area contributed by atoms with Crippen molar-refractivity contribution in [2.75, 3.05) is 5.75 Å². The van der Waals surface area contributed by atoms with Crippen molar-refractivity contribution in [1.29, 1.82) is 0 Å². The van der Waals surface area contributed by atoms with E-state index in [1.54, 1.807) is 30.3 Å². The minimum absolute atomic E-state index is 0.143. The molecule has 0 unspecified atom stereocenters. The summed E-state index contributed by atoms with van der Waals surface area (Å²) in [4.78, 5) is 24.3. The number of hydrogen-bond acceptors (Lipinski definition) is 3. The molecule has 0 heterocycles. The Morgan fingerprint density at radius 1 is 0.955 bits per heavy atom. The van der Waals surface area contributed by atoms with E-state index < -0.39 is 5.91 Å². The largest absolute Gasteiger partial charge is 0.272 e. The first-order chi connectivity index (χ1) is 10.6. The topological polar surface area (TPSA) is 58.2 Å². The van der Waals surface area contributed by atoms with Crippen LogP contribution in [0.25, 0.3) is 0 Å². The minimum atomic E-state index is -0.409. The second kappa shape index (κ2) is 8.08. The zero-order chi connectivity index (χ0) is 15.9. The number of hydrazine groups is 1. The maximum atomic E-state index is 11.8. The van der Waals surface area contributed by atoms with Gasteiger partial charge in [-0.15, -0.1) is 11.8 Å². The molecule has 22 heavy (non-hydrogen) atoms. The van der Waals surface area contributed by atoms with Gasteiger partial charge in [0.15, 0.2) is 0 Å². The average molecular weight is 355 g/mol. The van der Waals surface area contributed by atoms with Gasteiger partial charge in [0.1, 0.15) is 0 Å². The molecule has 0 spiro atoms. The highest BCUT2D eigenvalue weighted by molar-refractivity contribution is 8.00. The van der Waals surface area contributed by atoms with Gasteiger partial charge in [-0.05, 0) is 36.4 Å². The Kier molecular flexibility index (Phi) is 6.12. The minimum Gasteiger partial charge on any atom is -0.272 e. The van der Waals surface area contributed by atoms with Crippen molar-refractivity contribution in [2.24, 2.45) is 0 Å². The highest BCUT2D eigenvalue weighted by Crippen LogP contribution is 2.26. The first-order valence-electron chi connectivity index (χ1n) is 6.28. The number of benzene rings is 2. The average Bonchev–Trinajstić information content (AvgIpc) is 2.52. The van der Waals surface area contributed by atoms with Crippen LogP contribution in [0.5, 0.6) is 0 Å². The fourth-order valence-corrected chi connectivity index (χ4v) is 2.71. The van der Waals surface area contributed by atoms with Crippen LogP contribution in [-0.2, 0) is 4.79 Å². The molecule has 0 atom stereocenters. The number of rotatable bonds is 4. The van der Waals surface area contributed by atoms with E-state index >= 15 is 0 Å². The Bertz CT molecular complexity index is 677. The molecule has 0 bridgehead atoms. The molecular formula is C15H12Cl2N2O2S. The van der Waals surface area contributed by atoms with Crippen LogP contribution in [0, 0.1) is 0 Å². The van der Waals surface area contributed by atoms with Crippen LogP contribution < -0.4 is 10.9 Å². The summed E-state index contributed by atoms with van der Waals surface area (Å²) < 4.78 is 0. The van der Waals surface area contributed by atoms with Crippen LogP contribution in [0.4, 0.5) is 0 Å². The summed E-state index contributed by atoms with van der Waals surface area (Å²) in [5, 5.41) is 1.13. The SMILES string of the molecule is O=C(CSc1ccccc1Cl)NNC(=O)c1ccc(Cl)cc1. The lowest BCUT2D eigenvalue weighted by Crippen LogP contribution is -2.42. The molecule has 2 amide bonds. The van der Waals surface area contributed by atoms with E-state index in [4.69, 9.17) is 23.2 Å². The molecule has 0 saturated carbocycles. The molecule has 2 N–H and O–H groups in total. The number of carbonyl (C=O) groups is 2. The summed E-state index contributed by atoms with van der Waals surface area (Å²) in [6, 6.07) is 13.6. The molecule has 0 aliphatic heterocycles. The van der Waals surface area contributed by atoms with Crippen LogP contribution in [0.2, 0.25) is 10.0 Å². The third kappa shape index (κ3) is 4.94. The van der Waals surface area contributed by atoms with Gasteiger partial charge in [0.25, 0.3) is 5.91 Å². The highest BCUT2D eigenvalue weighted by atomic mass is 35.5. The van der Waals surface area contributed by atoms with Crippen molar-refractivity contribution < 1.29 is 9.59 Å². The summed E-state index contributed by atoms with van der Waals surface area (Å²) >= 11 is 13.0. The van der Waals surface area contributed by atoms with Gasteiger partial charge in [-0.3, -0.25) is 20.4 Å². The fourth-order valence-electron chi connectivity index (χ4n) is 1.54. The van der Waals surface area contributed by atoms with E-state index in [0.29, 0.717) is 15.6 Å². The van der Waals surface area contributed by atoms with E-state index in [0.717, 1.165) is 4.90 Å². The Balaban J connectivity index is 1.79. The van der Waals surface area contributed by atoms with Crippen LogP contribution in [0.1, 0.15) is 10.4 Å². The van der Waals surface area contributed by atoms with Crippen molar-refractivity contribution in [3.8, 4) is 0 Å². The summed E-state index contributed by atoms with van der Waals surface area (Å²) in [6.07, 6.45) is 0. The third-order valence-electron chi connectivity index (χ3n) is 2.62. The van der Waals surface area contributed by atoms with Crippen LogP contribution in [0.15, 0.2) is 53.4 Å². The van der Waals surface area contributed by atoms with Crippen molar-refractivity contribution in [3.63, 3.8) is 0 Å². The Labute approximate surface area is 142 Å².